The molecule has 1 heterocycles. The summed E-state index contributed by atoms with van der Waals surface area (Å²) < 4.78 is 5.00. The van der Waals surface area contributed by atoms with Gasteiger partial charge in [0.25, 0.3) is 0 Å². The average molecular weight is 400 g/mol. The number of methoxy groups -OCH3 is 1. The number of benzene rings is 1. The van der Waals surface area contributed by atoms with Gasteiger partial charge in [-0.05, 0) is 11.6 Å². The molecule has 1 aromatic carbocycles. The molecule has 0 bridgehead atoms. The number of fused-ring (bicyclic) bond motifs is 1. The molecule has 2 N–H and O–H groups in total. The number of para-hydroxylation sites is 1. The second kappa shape index (κ2) is 9.51. The lowest BCUT2D eigenvalue weighted by molar-refractivity contribution is 0.203. The first-order valence-corrected chi connectivity index (χ1v) is 6.61. The lowest BCUT2D eigenvalue weighted by Gasteiger charge is -2.12. The van der Waals surface area contributed by atoms with E-state index in [2.05, 4.69) is 38.8 Å². The molecule has 0 aliphatic carbocycles. The summed E-state index contributed by atoms with van der Waals surface area (Å²) in [5.41, 5.74) is 2.17. The fourth-order valence-electron chi connectivity index (χ4n) is 1.98. The highest BCUT2D eigenvalue weighted by molar-refractivity contribution is 14.0. The van der Waals surface area contributed by atoms with Crippen molar-refractivity contribution >= 4 is 40.8 Å². The predicted molar refractivity (Wildman–Crippen MR) is 97.2 cm³/mol. The second-order valence-electron chi connectivity index (χ2n) is 4.34. The van der Waals surface area contributed by atoms with Crippen LogP contribution < -0.4 is 10.6 Å². The van der Waals surface area contributed by atoms with Crippen LogP contribution in [0.15, 0.2) is 41.5 Å². The molecule has 1 aromatic heterocycles. The molecule has 0 radical (unpaired) electrons. The number of aromatic nitrogens is 1. The molecule has 0 aliphatic heterocycles. The Morgan fingerprint density at radius 2 is 2.05 bits per heavy atom. The highest BCUT2D eigenvalue weighted by Crippen LogP contribution is 2.15. The number of hydrogen-bond donors (Lipinski definition) is 2. The topological polar surface area (TPSA) is 58.5 Å². The third-order valence-electron chi connectivity index (χ3n) is 2.98. The maximum Gasteiger partial charge on any atom is 0.191 e. The Labute approximate surface area is 142 Å². The van der Waals surface area contributed by atoms with E-state index in [0.29, 0.717) is 13.2 Å². The first-order valence-electron chi connectivity index (χ1n) is 6.61. The van der Waals surface area contributed by atoms with Gasteiger partial charge in [0.05, 0.1) is 12.1 Å². The van der Waals surface area contributed by atoms with E-state index in [-0.39, 0.29) is 24.0 Å². The Bertz CT molecular complexity index is 583. The van der Waals surface area contributed by atoms with E-state index >= 15 is 0 Å². The second-order valence-corrected chi connectivity index (χ2v) is 4.34. The monoisotopic (exact) mass is 400 g/mol. The zero-order chi connectivity index (χ0) is 14.2. The van der Waals surface area contributed by atoms with Crippen LogP contribution in [0.5, 0.6) is 0 Å². The molecule has 21 heavy (non-hydrogen) atoms. The van der Waals surface area contributed by atoms with E-state index < -0.39 is 0 Å². The van der Waals surface area contributed by atoms with Crippen molar-refractivity contribution in [3.05, 3.63) is 42.1 Å². The zero-order valence-corrected chi connectivity index (χ0v) is 14.6. The average Bonchev–Trinajstić information content (AvgIpc) is 2.50. The number of aliphatic imine (C=N–C) groups is 1. The van der Waals surface area contributed by atoms with Gasteiger partial charge in [-0.25, -0.2) is 0 Å². The molecule has 0 spiro atoms. The molecule has 0 fully saturated rings. The summed E-state index contributed by atoms with van der Waals surface area (Å²) in [7, 11) is 3.43. The summed E-state index contributed by atoms with van der Waals surface area (Å²) >= 11 is 0. The predicted octanol–water partition coefficient (Wildman–Crippen LogP) is 2.16. The summed E-state index contributed by atoms with van der Waals surface area (Å²) in [5, 5.41) is 7.61. The number of ether oxygens (including phenoxy) is 1. The van der Waals surface area contributed by atoms with Gasteiger partial charge < -0.3 is 15.4 Å². The SMILES string of the molecule is CN=C(NCCOC)NCc1cccc2cccnc12.I. The van der Waals surface area contributed by atoms with Gasteiger partial charge in [0, 0.05) is 38.8 Å². The Balaban J connectivity index is 0.00000220. The number of halogens is 1. The van der Waals surface area contributed by atoms with Crippen LogP contribution in [-0.4, -0.2) is 38.3 Å². The Morgan fingerprint density at radius 1 is 1.24 bits per heavy atom. The third-order valence-corrected chi connectivity index (χ3v) is 2.98. The quantitative estimate of drug-likeness (QED) is 0.350. The van der Waals surface area contributed by atoms with Crippen LogP contribution in [0.1, 0.15) is 5.56 Å². The van der Waals surface area contributed by atoms with Gasteiger partial charge >= 0.3 is 0 Å². The van der Waals surface area contributed by atoms with E-state index in [1.54, 1.807) is 14.2 Å². The third kappa shape index (κ3) is 5.13. The van der Waals surface area contributed by atoms with E-state index in [1.165, 1.54) is 0 Å². The van der Waals surface area contributed by atoms with Crippen LogP contribution in [0.3, 0.4) is 0 Å². The molecule has 0 aliphatic rings. The van der Waals surface area contributed by atoms with Gasteiger partial charge in [0.2, 0.25) is 0 Å². The van der Waals surface area contributed by atoms with E-state index in [4.69, 9.17) is 4.74 Å². The molecule has 0 saturated carbocycles. The summed E-state index contributed by atoms with van der Waals surface area (Å²) in [6.07, 6.45) is 1.82. The molecule has 2 aromatic rings. The van der Waals surface area contributed by atoms with Gasteiger partial charge in [-0.3, -0.25) is 9.98 Å². The number of nitrogens with one attached hydrogen (secondary N) is 2. The lowest BCUT2D eigenvalue weighted by atomic mass is 10.1. The summed E-state index contributed by atoms with van der Waals surface area (Å²) in [5.74, 6) is 0.759. The van der Waals surface area contributed by atoms with Gasteiger partial charge in [-0.15, -0.1) is 24.0 Å². The largest absolute Gasteiger partial charge is 0.383 e. The van der Waals surface area contributed by atoms with Crippen LogP contribution in [0.4, 0.5) is 0 Å². The van der Waals surface area contributed by atoms with Crippen molar-refractivity contribution < 1.29 is 4.74 Å². The highest BCUT2D eigenvalue weighted by atomic mass is 127. The number of pyridine rings is 1. The van der Waals surface area contributed by atoms with E-state index in [0.717, 1.165) is 29.0 Å². The van der Waals surface area contributed by atoms with Crippen molar-refractivity contribution in [2.45, 2.75) is 6.54 Å². The van der Waals surface area contributed by atoms with Crippen molar-refractivity contribution in [3.63, 3.8) is 0 Å². The first-order chi connectivity index (χ1) is 9.85. The van der Waals surface area contributed by atoms with Crippen LogP contribution in [-0.2, 0) is 11.3 Å². The van der Waals surface area contributed by atoms with Crippen molar-refractivity contribution in [2.75, 3.05) is 27.3 Å². The summed E-state index contributed by atoms with van der Waals surface area (Å²) in [6.45, 7) is 2.06. The molecule has 114 valence electrons. The van der Waals surface area contributed by atoms with E-state index in [9.17, 15) is 0 Å². The van der Waals surface area contributed by atoms with Crippen molar-refractivity contribution in [3.8, 4) is 0 Å². The molecule has 5 nitrogen and oxygen atoms in total. The Hall–Kier alpha value is -1.41. The Morgan fingerprint density at radius 3 is 2.81 bits per heavy atom. The zero-order valence-electron chi connectivity index (χ0n) is 12.3. The minimum absolute atomic E-state index is 0. The smallest absolute Gasteiger partial charge is 0.191 e. The van der Waals surface area contributed by atoms with Gasteiger partial charge in [0.1, 0.15) is 0 Å². The minimum Gasteiger partial charge on any atom is -0.383 e. The molecular weight excluding hydrogens is 379 g/mol. The van der Waals surface area contributed by atoms with Gasteiger partial charge in [-0.1, -0.05) is 24.3 Å². The molecular formula is C15H21IN4O. The van der Waals surface area contributed by atoms with Gasteiger partial charge in [-0.2, -0.15) is 0 Å². The standard InChI is InChI=1S/C15H20N4O.HI/c1-16-15(18-9-10-20-2)19-11-13-6-3-5-12-7-4-8-17-14(12)13;/h3-8H,9-11H2,1-2H3,(H2,16,18,19);1H. The normalized spacial score (nSPS) is 11.0. The maximum absolute atomic E-state index is 5.00. The molecule has 2 rings (SSSR count). The molecule has 0 amide bonds. The summed E-state index contributed by atoms with van der Waals surface area (Å²) in [6, 6.07) is 10.2. The van der Waals surface area contributed by atoms with Crippen LogP contribution in [0, 0.1) is 0 Å². The number of guanidine groups is 1. The Kier molecular flexibility index (Phi) is 7.99. The number of rotatable bonds is 5. The maximum atomic E-state index is 5.00. The van der Waals surface area contributed by atoms with Gasteiger partial charge in [0.15, 0.2) is 5.96 Å². The fourth-order valence-corrected chi connectivity index (χ4v) is 1.98. The molecule has 0 atom stereocenters. The molecule has 0 unspecified atom stereocenters. The van der Waals surface area contributed by atoms with Crippen LogP contribution in [0.25, 0.3) is 10.9 Å². The number of nitrogens with zero attached hydrogens (tertiary/aromatic N) is 2. The van der Waals surface area contributed by atoms with E-state index in [1.807, 2.05) is 18.3 Å². The highest BCUT2D eigenvalue weighted by Gasteiger charge is 2.03. The molecule has 0 saturated heterocycles. The number of hydrogen-bond acceptors (Lipinski definition) is 3. The van der Waals surface area contributed by atoms with Crippen LogP contribution >= 0.6 is 24.0 Å². The molecule has 6 heteroatoms. The summed E-state index contributed by atoms with van der Waals surface area (Å²) in [4.78, 5) is 8.61. The van der Waals surface area contributed by atoms with Crippen molar-refractivity contribution in [1.82, 2.24) is 15.6 Å². The lowest BCUT2D eigenvalue weighted by Crippen LogP contribution is -2.38. The fraction of sp³-hybridized carbons (Fsp3) is 0.333. The van der Waals surface area contributed by atoms with Crippen molar-refractivity contribution in [2.24, 2.45) is 4.99 Å². The van der Waals surface area contributed by atoms with Crippen molar-refractivity contribution in [1.29, 1.82) is 0 Å². The van der Waals surface area contributed by atoms with Crippen LogP contribution in [0.2, 0.25) is 0 Å². The first kappa shape index (κ1) is 17.6. The minimum atomic E-state index is 0.